The summed E-state index contributed by atoms with van der Waals surface area (Å²) in [5.41, 5.74) is 6.77. The van der Waals surface area contributed by atoms with E-state index >= 15 is 0 Å². The first-order valence-electron chi connectivity index (χ1n) is 8.56. The molecule has 1 saturated heterocycles. The minimum atomic E-state index is -0.431. The average Bonchev–Trinajstić information content (AvgIpc) is 2.63. The van der Waals surface area contributed by atoms with Gasteiger partial charge in [0.25, 0.3) is 0 Å². The molecule has 25 heavy (non-hydrogen) atoms. The summed E-state index contributed by atoms with van der Waals surface area (Å²) in [4.78, 5) is 29.4. The molecule has 0 radical (unpaired) electrons. The maximum atomic E-state index is 11.8. The summed E-state index contributed by atoms with van der Waals surface area (Å²) < 4.78 is 5.10. The van der Waals surface area contributed by atoms with Crippen molar-refractivity contribution < 1.29 is 14.3 Å². The number of hydrogen-bond acceptors (Lipinski definition) is 4. The molecule has 7 nitrogen and oxygen atoms in total. The van der Waals surface area contributed by atoms with E-state index < -0.39 is 5.91 Å². The van der Waals surface area contributed by atoms with E-state index in [9.17, 15) is 9.59 Å². The van der Waals surface area contributed by atoms with Gasteiger partial charge in [0.15, 0.2) is 5.96 Å². The number of rotatable bonds is 5. The SMILES string of the molecule is CCOC(=O)C1CCN(C(=NC)NCc2ccc(C(N)=O)cc2)CC1. The number of amides is 1. The van der Waals surface area contributed by atoms with Crippen LogP contribution in [-0.2, 0) is 16.1 Å². The number of aliphatic imine (C=N–C) groups is 1. The molecule has 1 aromatic rings. The monoisotopic (exact) mass is 346 g/mol. The number of esters is 1. The normalized spacial score (nSPS) is 15.8. The van der Waals surface area contributed by atoms with Crippen LogP contribution < -0.4 is 11.1 Å². The molecule has 0 spiro atoms. The Balaban J connectivity index is 1.85. The molecule has 136 valence electrons. The number of benzene rings is 1. The van der Waals surface area contributed by atoms with Crippen LogP contribution >= 0.6 is 0 Å². The fourth-order valence-electron chi connectivity index (χ4n) is 2.89. The maximum Gasteiger partial charge on any atom is 0.309 e. The van der Waals surface area contributed by atoms with E-state index in [2.05, 4.69) is 15.2 Å². The molecule has 0 aliphatic carbocycles. The van der Waals surface area contributed by atoms with Crippen molar-refractivity contribution in [1.29, 1.82) is 0 Å². The number of nitrogens with zero attached hydrogens (tertiary/aromatic N) is 2. The van der Waals surface area contributed by atoms with Gasteiger partial charge in [0.1, 0.15) is 0 Å². The average molecular weight is 346 g/mol. The molecular formula is C18H26N4O3. The first-order valence-corrected chi connectivity index (χ1v) is 8.56. The number of primary amides is 1. The number of ether oxygens (including phenoxy) is 1. The minimum absolute atomic E-state index is 0.0179. The van der Waals surface area contributed by atoms with Gasteiger partial charge in [-0.1, -0.05) is 12.1 Å². The highest BCUT2D eigenvalue weighted by atomic mass is 16.5. The van der Waals surface area contributed by atoms with Crippen LogP contribution in [0, 0.1) is 5.92 Å². The second-order valence-corrected chi connectivity index (χ2v) is 5.98. The zero-order valence-electron chi connectivity index (χ0n) is 14.8. The second-order valence-electron chi connectivity index (χ2n) is 5.98. The summed E-state index contributed by atoms with van der Waals surface area (Å²) in [6.07, 6.45) is 1.54. The summed E-state index contributed by atoms with van der Waals surface area (Å²) in [7, 11) is 1.75. The van der Waals surface area contributed by atoms with Crippen molar-refractivity contribution in [2.45, 2.75) is 26.3 Å². The van der Waals surface area contributed by atoms with Crippen LogP contribution in [0.15, 0.2) is 29.3 Å². The fourth-order valence-corrected chi connectivity index (χ4v) is 2.89. The molecule has 7 heteroatoms. The molecule has 1 aliphatic rings. The highest BCUT2D eigenvalue weighted by Gasteiger charge is 2.27. The molecule has 1 heterocycles. The van der Waals surface area contributed by atoms with Gasteiger partial charge in [-0.3, -0.25) is 14.6 Å². The fraction of sp³-hybridized carbons (Fsp3) is 0.500. The lowest BCUT2D eigenvalue weighted by Crippen LogP contribution is -2.46. The topological polar surface area (TPSA) is 97.0 Å². The molecule has 1 aliphatic heterocycles. The van der Waals surface area contributed by atoms with Crippen LogP contribution in [-0.4, -0.2) is 49.5 Å². The molecule has 0 unspecified atom stereocenters. The molecule has 1 fully saturated rings. The number of likely N-dealkylation sites (tertiary alicyclic amines) is 1. The van der Waals surface area contributed by atoms with Crippen LogP contribution in [0.2, 0.25) is 0 Å². The third-order valence-electron chi connectivity index (χ3n) is 4.32. The van der Waals surface area contributed by atoms with Crippen molar-refractivity contribution in [3.63, 3.8) is 0 Å². The van der Waals surface area contributed by atoms with E-state index in [1.807, 2.05) is 19.1 Å². The highest BCUT2D eigenvalue weighted by Crippen LogP contribution is 2.18. The largest absolute Gasteiger partial charge is 0.466 e. The standard InChI is InChI=1S/C18H26N4O3/c1-3-25-17(24)15-8-10-22(11-9-15)18(20-2)21-12-13-4-6-14(7-5-13)16(19)23/h4-7,15H,3,8-12H2,1-2H3,(H2,19,23)(H,20,21). The number of nitrogens with one attached hydrogen (secondary N) is 1. The Morgan fingerprint density at radius 2 is 1.92 bits per heavy atom. The van der Waals surface area contributed by atoms with Gasteiger partial charge in [-0.25, -0.2) is 0 Å². The van der Waals surface area contributed by atoms with Gasteiger partial charge in [-0.15, -0.1) is 0 Å². The first-order chi connectivity index (χ1) is 12.0. The maximum absolute atomic E-state index is 11.8. The molecule has 0 aromatic heterocycles. The van der Waals surface area contributed by atoms with Crippen molar-refractivity contribution in [1.82, 2.24) is 10.2 Å². The van der Waals surface area contributed by atoms with Crippen LogP contribution in [0.5, 0.6) is 0 Å². The number of carbonyl (C=O) groups excluding carboxylic acids is 2. The first kappa shape index (κ1) is 18.8. The molecule has 0 atom stereocenters. The molecule has 2 rings (SSSR count). The van der Waals surface area contributed by atoms with E-state index in [-0.39, 0.29) is 11.9 Å². The Morgan fingerprint density at radius 3 is 2.44 bits per heavy atom. The number of hydrogen-bond donors (Lipinski definition) is 2. The van der Waals surface area contributed by atoms with Gasteiger partial charge < -0.3 is 20.7 Å². The zero-order chi connectivity index (χ0) is 18.2. The molecule has 1 aromatic carbocycles. The molecule has 0 saturated carbocycles. The Labute approximate surface area is 148 Å². The van der Waals surface area contributed by atoms with Gasteiger partial charge >= 0.3 is 5.97 Å². The third kappa shape index (κ3) is 5.20. The van der Waals surface area contributed by atoms with E-state index in [1.165, 1.54) is 0 Å². The van der Waals surface area contributed by atoms with Crippen molar-refractivity contribution in [2.24, 2.45) is 16.6 Å². The van der Waals surface area contributed by atoms with Gasteiger partial charge in [0.2, 0.25) is 5.91 Å². The van der Waals surface area contributed by atoms with Crippen molar-refractivity contribution in [2.75, 3.05) is 26.7 Å². The Bertz CT molecular complexity index is 620. The summed E-state index contributed by atoms with van der Waals surface area (Å²) in [5, 5.41) is 3.32. The van der Waals surface area contributed by atoms with Gasteiger partial charge in [0, 0.05) is 32.2 Å². The lowest BCUT2D eigenvalue weighted by Gasteiger charge is -2.33. The molecule has 0 bridgehead atoms. The van der Waals surface area contributed by atoms with Gasteiger partial charge in [-0.2, -0.15) is 0 Å². The molecule has 1 amide bonds. The summed E-state index contributed by atoms with van der Waals surface area (Å²) >= 11 is 0. The minimum Gasteiger partial charge on any atom is -0.466 e. The van der Waals surface area contributed by atoms with E-state index in [4.69, 9.17) is 10.5 Å². The van der Waals surface area contributed by atoms with Crippen LogP contribution in [0.1, 0.15) is 35.7 Å². The van der Waals surface area contributed by atoms with E-state index in [1.54, 1.807) is 19.2 Å². The van der Waals surface area contributed by atoms with Crippen molar-refractivity contribution in [3.05, 3.63) is 35.4 Å². The lowest BCUT2D eigenvalue weighted by molar-refractivity contribution is -0.149. The Kier molecular flexibility index (Phi) is 6.80. The highest BCUT2D eigenvalue weighted by molar-refractivity contribution is 5.92. The summed E-state index contributed by atoms with van der Waals surface area (Å²) in [6, 6.07) is 7.17. The smallest absolute Gasteiger partial charge is 0.309 e. The number of guanidine groups is 1. The van der Waals surface area contributed by atoms with E-state index in [0.29, 0.717) is 18.7 Å². The predicted molar refractivity (Wildman–Crippen MR) is 96.1 cm³/mol. The third-order valence-corrected chi connectivity index (χ3v) is 4.32. The van der Waals surface area contributed by atoms with Gasteiger partial charge in [-0.05, 0) is 37.5 Å². The zero-order valence-corrected chi connectivity index (χ0v) is 14.8. The quantitative estimate of drug-likeness (QED) is 0.473. The summed E-state index contributed by atoms with van der Waals surface area (Å²) in [5.74, 6) is 0.261. The molecular weight excluding hydrogens is 320 g/mol. The van der Waals surface area contributed by atoms with Gasteiger partial charge in [0.05, 0.1) is 12.5 Å². The van der Waals surface area contributed by atoms with Crippen molar-refractivity contribution >= 4 is 17.8 Å². The Hall–Kier alpha value is -2.57. The number of nitrogens with two attached hydrogens (primary N) is 1. The molecule has 3 N–H and O–H groups in total. The predicted octanol–water partition coefficient (Wildman–Crippen LogP) is 1.14. The Morgan fingerprint density at radius 1 is 1.28 bits per heavy atom. The van der Waals surface area contributed by atoms with Crippen molar-refractivity contribution in [3.8, 4) is 0 Å². The number of piperidine rings is 1. The lowest BCUT2D eigenvalue weighted by atomic mass is 9.97. The van der Waals surface area contributed by atoms with Crippen LogP contribution in [0.4, 0.5) is 0 Å². The van der Waals surface area contributed by atoms with Crippen LogP contribution in [0.3, 0.4) is 0 Å². The summed E-state index contributed by atoms with van der Waals surface area (Å²) in [6.45, 7) is 4.39. The second kappa shape index (κ2) is 9.05. The van der Waals surface area contributed by atoms with E-state index in [0.717, 1.165) is 37.5 Å². The number of carbonyl (C=O) groups is 2. The van der Waals surface area contributed by atoms with Crippen LogP contribution in [0.25, 0.3) is 0 Å².